The zero-order valence-corrected chi connectivity index (χ0v) is 8.62. The lowest BCUT2D eigenvalue weighted by atomic mass is 9.30. The van der Waals surface area contributed by atoms with E-state index in [0.29, 0.717) is 5.41 Å². The van der Waals surface area contributed by atoms with Gasteiger partial charge in [0.05, 0.1) is 0 Å². The van der Waals surface area contributed by atoms with E-state index in [4.69, 9.17) is 0 Å². The van der Waals surface area contributed by atoms with Crippen molar-refractivity contribution in [1.29, 1.82) is 0 Å². The Kier molecular flexibility index (Phi) is 1.09. The summed E-state index contributed by atoms with van der Waals surface area (Å²) in [6.45, 7) is 0. The lowest BCUT2D eigenvalue weighted by molar-refractivity contribution is -0.244. The van der Waals surface area contributed by atoms with Gasteiger partial charge in [0.15, 0.2) is 0 Å². The van der Waals surface area contributed by atoms with Crippen LogP contribution in [0, 0.1) is 28.6 Å². The summed E-state index contributed by atoms with van der Waals surface area (Å²) in [4.78, 5) is 11.2. The van der Waals surface area contributed by atoms with Crippen molar-refractivity contribution < 1.29 is 4.79 Å². The first kappa shape index (κ1) is 7.86. The number of hydrogen-bond donors (Lipinski definition) is 1. The van der Waals surface area contributed by atoms with Gasteiger partial charge in [-0.15, -0.1) is 0 Å². The van der Waals surface area contributed by atoms with E-state index in [2.05, 4.69) is 12.4 Å². The number of carbonyl (C=O) groups excluding carboxylic acids is 1. The number of aldehydes is 1. The third-order valence-corrected chi connectivity index (χ3v) is 6.20. The van der Waals surface area contributed by atoms with E-state index in [1.54, 1.807) is 0 Å². The molecule has 0 aliphatic heterocycles. The van der Waals surface area contributed by atoms with E-state index in [1.807, 2.05) is 0 Å². The summed E-state index contributed by atoms with van der Waals surface area (Å²) in [5.41, 5.74) is 0.649. The third-order valence-electron chi connectivity index (χ3n) is 6.20. The average Bonchev–Trinajstić information content (AvgIpc) is 2.65. The van der Waals surface area contributed by atoms with Crippen LogP contribution in [0.15, 0.2) is 0 Å². The predicted molar refractivity (Wildman–Crippen MR) is 52.7 cm³/mol. The molecule has 0 radical (unpaired) electrons. The number of fused-ring (bicyclic) bond motifs is 1. The second kappa shape index (κ2) is 1.95. The largest absolute Gasteiger partial charge is 0.316 e. The Bertz CT molecular complexity index is 328. The molecule has 0 heterocycles. The highest BCUT2D eigenvalue weighted by Crippen LogP contribution is 2.86. The quantitative estimate of drug-likeness (QED) is 0.665. The highest BCUT2D eigenvalue weighted by molar-refractivity contribution is 5.68. The third kappa shape index (κ3) is 0.474. The first-order valence-corrected chi connectivity index (χ1v) is 5.91. The fourth-order valence-corrected chi connectivity index (χ4v) is 5.87. The predicted octanol–water partition coefficient (Wildman–Crippen LogP) is 1.21. The van der Waals surface area contributed by atoms with Gasteiger partial charge >= 0.3 is 0 Å². The van der Waals surface area contributed by atoms with Gasteiger partial charge in [-0.3, -0.25) is 0 Å². The van der Waals surface area contributed by atoms with Gasteiger partial charge < -0.3 is 10.1 Å². The maximum Gasteiger partial charge on any atom is 0.126 e. The van der Waals surface area contributed by atoms with Crippen LogP contribution in [0.2, 0.25) is 0 Å². The molecule has 4 aliphatic rings. The molecule has 0 aromatic carbocycles. The highest BCUT2D eigenvalue weighted by Gasteiger charge is 2.83. The summed E-state index contributed by atoms with van der Waals surface area (Å²) in [6, 6.07) is 0.736. The van der Waals surface area contributed by atoms with Crippen molar-refractivity contribution in [1.82, 2.24) is 5.32 Å². The van der Waals surface area contributed by atoms with Crippen LogP contribution in [0.3, 0.4) is 0 Å². The molecule has 6 unspecified atom stereocenters. The molecule has 1 N–H and O–H groups in total. The molecule has 0 amide bonds. The van der Waals surface area contributed by atoms with Gasteiger partial charge in [-0.2, -0.15) is 0 Å². The second-order valence-corrected chi connectivity index (χ2v) is 6.04. The summed E-state index contributed by atoms with van der Waals surface area (Å²) in [6.07, 6.45) is 6.47. The number of rotatable bonds is 2. The minimum atomic E-state index is 0.155. The van der Waals surface area contributed by atoms with Crippen molar-refractivity contribution in [3.05, 3.63) is 0 Å². The van der Waals surface area contributed by atoms with Crippen LogP contribution in [0.25, 0.3) is 0 Å². The molecule has 6 atom stereocenters. The zero-order chi connectivity index (χ0) is 9.55. The second-order valence-electron chi connectivity index (χ2n) is 6.04. The minimum absolute atomic E-state index is 0.155. The van der Waals surface area contributed by atoms with Crippen molar-refractivity contribution in [2.75, 3.05) is 7.05 Å². The number of hydrogen-bond acceptors (Lipinski definition) is 2. The van der Waals surface area contributed by atoms with Gasteiger partial charge in [0, 0.05) is 11.5 Å². The molecule has 0 aromatic heterocycles. The first-order chi connectivity index (χ1) is 6.77. The fraction of sp³-hybridized carbons (Fsp3) is 0.917. The van der Waals surface area contributed by atoms with Crippen molar-refractivity contribution >= 4 is 6.29 Å². The van der Waals surface area contributed by atoms with Crippen LogP contribution in [-0.4, -0.2) is 19.4 Å². The topological polar surface area (TPSA) is 29.1 Å². The molecule has 14 heavy (non-hydrogen) atoms. The van der Waals surface area contributed by atoms with E-state index in [-0.39, 0.29) is 5.41 Å². The van der Waals surface area contributed by atoms with E-state index < -0.39 is 0 Å². The Morgan fingerprint density at radius 2 is 2.21 bits per heavy atom. The van der Waals surface area contributed by atoms with Crippen LogP contribution >= 0.6 is 0 Å². The van der Waals surface area contributed by atoms with Gasteiger partial charge in [-0.05, 0) is 55.9 Å². The molecular formula is C12H17NO. The monoisotopic (exact) mass is 191 g/mol. The van der Waals surface area contributed by atoms with Crippen molar-refractivity contribution in [3.63, 3.8) is 0 Å². The van der Waals surface area contributed by atoms with Crippen molar-refractivity contribution in [3.8, 4) is 0 Å². The van der Waals surface area contributed by atoms with Crippen LogP contribution in [0.5, 0.6) is 0 Å². The molecule has 2 heteroatoms. The Morgan fingerprint density at radius 1 is 1.36 bits per heavy atom. The van der Waals surface area contributed by atoms with E-state index in [9.17, 15) is 4.79 Å². The molecule has 4 aliphatic carbocycles. The lowest BCUT2D eigenvalue weighted by Crippen LogP contribution is -2.72. The first-order valence-electron chi connectivity index (χ1n) is 5.91. The smallest absolute Gasteiger partial charge is 0.126 e. The molecule has 4 saturated carbocycles. The van der Waals surface area contributed by atoms with Gasteiger partial charge in [-0.25, -0.2) is 0 Å². The van der Waals surface area contributed by atoms with Crippen molar-refractivity contribution in [2.24, 2.45) is 28.6 Å². The van der Waals surface area contributed by atoms with Gasteiger partial charge in [0.1, 0.15) is 6.29 Å². The fourth-order valence-electron chi connectivity index (χ4n) is 5.87. The van der Waals surface area contributed by atoms with E-state index >= 15 is 0 Å². The van der Waals surface area contributed by atoms with E-state index in [0.717, 1.165) is 23.8 Å². The molecule has 0 aromatic rings. The van der Waals surface area contributed by atoms with Crippen LogP contribution in [0.1, 0.15) is 25.7 Å². The summed E-state index contributed by atoms with van der Waals surface area (Å²) in [7, 11) is 2.09. The molecule has 2 bridgehead atoms. The summed E-state index contributed by atoms with van der Waals surface area (Å²) in [5, 5.41) is 3.49. The zero-order valence-electron chi connectivity index (χ0n) is 8.62. The molecule has 4 rings (SSSR count). The molecule has 1 spiro atoms. The summed E-state index contributed by atoms with van der Waals surface area (Å²) >= 11 is 0. The van der Waals surface area contributed by atoms with Crippen LogP contribution in [-0.2, 0) is 4.79 Å². The summed E-state index contributed by atoms with van der Waals surface area (Å²) < 4.78 is 0. The standard InChI is InChI=1S/C12H17NO/c1-13-10-7-2-8-4-11(6-14)5-9(10)12(8,11)3-7/h6-10,13H,2-5H2,1H3. The van der Waals surface area contributed by atoms with E-state index in [1.165, 1.54) is 32.0 Å². The Hall–Kier alpha value is -0.370. The summed E-state index contributed by atoms with van der Waals surface area (Å²) in [5.74, 6) is 2.65. The van der Waals surface area contributed by atoms with Crippen LogP contribution in [0.4, 0.5) is 0 Å². The maximum absolute atomic E-state index is 11.2. The minimum Gasteiger partial charge on any atom is -0.316 e. The Balaban J connectivity index is 1.79. The average molecular weight is 191 g/mol. The number of nitrogens with one attached hydrogen (secondary N) is 1. The lowest BCUT2D eigenvalue weighted by Gasteiger charge is -2.73. The Morgan fingerprint density at radius 3 is 2.93 bits per heavy atom. The molecule has 4 fully saturated rings. The SMILES string of the molecule is CNC1C2CC3CC4(C=O)CC1C34C2. The Labute approximate surface area is 84.4 Å². The number of carbonyl (C=O) groups is 1. The van der Waals surface area contributed by atoms with Crippen LogP contribution < -0.4 is 5.32 Å². The van der Waals surface area contributed by atoms with Crippen molar-refractivity contribution in [2.45, 2.75) is 31.7 Å². The molecular weight excluding hydrogens is 174 g/mol. The maximum atomic E-state index is 11.2. The molecule has 76 valence electrons. The van der Waals surface area contributed by atoms with Gasteiger partial charge in [-0.1, -0.05) is 0 Å². The molecule has 2 nitrogen and oxygen atoms in total. The van der Waals surface area contributed by atoms with Gasteiger partial charge in [0.2, 0.25) is 0 Å². The highest BCUT2D eigenvalue weighted by atomic mass is 16.1. The van der Waals surface area contributed by atoms with Gasteiger partial charge in [0.25, 0.3) is 0 Å². The molecule has 0 saturated heterocycles. The normalized spacial score (nSPS) is 66.9.